The number of hydrogen-bond acceptors (Lipinski definition) is 3. The first-order valence-corrected chi connectivity index (χ1v) is 10.5. The molecule has 0 bridgehead atoms. The second-order valence-corrected chi connectivity index (χ2v) is 8.82. The fourth-order valence-corrected chi connectivity index (χ4v) is 4.74. The lowest BCUT2D eigenvalue weighted by Crippen LogP contribution is -2.45. The van der Waals surface area contributed by atoms with Gasteiger partial charge >= 0.3 is 0 Å². The molecular formula is C26H30N2O. The SMILES string of the molecule is CCNc1cccc2cccc(C(=O)c3ccc4c(c3)C(C)CC(C)(C)N4C)c12. The van der Waals surface area contributed by atoms with Gasteiger partial charge in [-0.15, -0.1) is 0 Å². The molecule has 3 heteroatoms. The zero-order valence-electron chi connectivity index (χ0n) is 18.0. The monoisotopic (exact) mass is 386 g/mol. The summed E-state index contributed by atoms with van der Waals surface area (Å²) in [5.74, 6) is 0.511. The van der Waals surface area contributed by atoms with Gasteiger partial charge in [-0.2, -0.15) is 0 Å². The van der Waals surface area contributed by atoms with Crippen LogP contribution in [0.5, 0.6) is 0 Å². The van der Waals surface area contributed by atoms with E-state index in [0.717, 1.165) is 40.6 Å². The third kappa shape index (κ3) is 3.29. The van der Waals surface area contributed by atoms with Crippen molar-refractivity contribution in [2.24, 2.45) is 0 Å². The summed E-state index contributed by atoms with van der Waals surface area (Å²) in [6.07, 6.45) is 1.08. The highest BCUT2D eigenvalue weighted by Gasteiger charge is 2.34. The summed E-state index contributed by atoms with van der Waals surface area (Å²) in [7, 11) is 2.15. The molecule has 0 saturated heterocycles. The molecule has 1 N–H and O–H groups in total. The molecule has 0 saturated carbocycles. The van der Waals surface area contributed by atoms with Crippen molar-refractivity contribution in [3.05, 3.63) is 71.3 Å². The van der Waals surface area contributed by atoms with Gasteiger partial charge in [-0.3, -0.25) is 4.79 Å². The Kier molecular flexibility index (Phi) is 4.85. The van der Waals surface area contributed by atoms with Gasteiger partial charge in [0.25, 0.3) is 0 Å². The first-order valence-electron chi connectivity index (χ1n) is 10.5. The topological polar surface area (TPSA) is 32.3 Å². The Balaban J connectivity index is 1.82. The van der Waals surface area contributed by atoms with Crippen molar-refractivity contribution in [3.63, 3.8) is 0 Å². The number of hydrogen-bond donors (Lipinski definition) is 1. The van der Waals surface area contributed by atoms with Gasteiger partial charge in [0.15, 0.2) is 5.78 Å². The summed E-state index contributed by atoms with van der Waals surface area (Å²) in [6.45, 7) is 9.73. The predicted octanol–water partition coefficient (Wildman–Crippen LogP) is 6.22. The number of carbonyl (C=O) groups excluding carboxylic acids is 1. The number of nitrogens with one attached hydrogen (secondary N) is 1. The van der Waals surface area contributed by atoms with E-state index in [2.05, 4.69) is 75.3 Å². The van der Waals surface area contributed by atoms with Crippen LogP contribution in [0, 0.1) is 0 Å². The molecule has 1 aliphatic rings. The molecule has 1 unspecified atom stereocenters. The molecule has 3 aromatic rings. The number of carbonyl (C=O) groups is 1. The van der Waals surface area contributed by atoms with E-state index < -0.39 is 0 Å². The van der Waals surface area contributed by atoms with Crippen LogP contribution in [0.3, 0.4) is 0 Å². The van der Waals surface area contributed by atoms with E-state index >= 15 is 0 Å². The van der Waals surface area contributed by atoms with Crippen molar-refractivity contribution in [1.82, 2.24) is 0 Å². The highest BCUT2D eigenvalue weighted by atomic mass is 16.1. The van der Waals surface area contributed by atoms with Crippen molar-refractivity contribution in [3.8, 4) is 0 Å². The number of anilines is 2. The van der Waals surface area contributed by atoms with Crippen LogP contribution in [-0.2, 0) is 0 Å². The molecule has 1 aliphatic heterocycles. The molecule has 29 heavy (non-hydrogen) atoms. The van der Waals surface area contributed by atoms with Gasteiger partial charge in [0.2, 0.25) is 0 Å². The second-order valence-electron chi connectivity index (χ2n) is 8.82. The fourth-order valence-electron chi connectivity index (χ4n) is 4.74. The Morgan fingerprint density at radius 3 is 2.59 bits per heavy atom. The number of fused-ring (bicyclic) bond motifs is 2. The Labute approximate surface area is 173 Å². The average molecular weight is 387 g/mol. The van der Waals surface area contributed by atoms with Crippen LogP contribution < -0.4 is 10.2 Å². The minimum Gasteiger partial charge on any atom is -0.385 e. The molecule has 4 rings (SSSR count). The van der Waals surface area contributed by atoms with Crippen molar-refractivity contribution in [1.29, 1.82) is 0 Å². The highest BCUT2D eigenvalue weighted by molar-refractivity contribution is 6.19. The van der Waals surface area contributed by atoms with Gasteiger partial charge < -0.3 is 10.2 Å². The number of ketones is 1. The highest BCUT2D eigenvalue weighted by Crippen LogP contribution is 2.43. The third-order valence-electron chi connectivity index (χ3n) is 6.41. The molecule has 150 valence electrons. The molecule has 0 radical (unpaired) electrons. The minimum atomic E-state index is 0.0865. The average Bonchev–Trinajstić information content (AvgIpc) is 2.71. The smallest absolute Gasteiger partial charge is 0.193 e. The zero-order chi connectivity index (χ0) is 20.8. The van der Waals surface area contributed by atoms with Gasteiger partial charge in [-0.05, 0) is 68.3 Å². The van der Waals surface area contributed by atoms with E-state index in [9.17, 15) is 4.79 Å². The molecule has 1 heterocycles. The number of rotatable bonds is 4. The van der Waals surface area contributed by atoms with E-state index in [1.807, 2.05) is 24.3 Å². The van der Waals surface area contributed by atoms with Gasteiger partial charge in [-0.25, -0.2) is 0 Å². The molecule has 3 aromatic carbocycles. The van der Waals surface area contributed by atoms with Gasteiger partial charge in [0, 0.05) is 47.0 Å². The molecule has 0 spiro atoms. The van der Waals surface area contributed by atoms with E-state index in [4.69, 9.17) is 0 Å². The molecule has 3 nitrogen and oxygen atoms in total. The lowest BCUT2D eigenvalue weighted by atomic mass is 9.79. The summed E-state index contributed by atoms with van der Waals surface area (Å²) in [5.41, 5.74) is 5.16. The second kappa shape index (κ2) is 7.22. The van der Waals surface area contributed by atoms with Crippen molar-refractivity contribution < 1.29 is 4.79 Å². The normalized spacial score (nSPS) is 17.8. The van der Waals surface area contributed by atoms with Gasteiger partial charge in [0.05, 0.1) is 0 Å². The maximum Gasteiger partial charge on any atom is 0.193 e. The Hall–Kier alpha value is -2.81. The lowest BCUT2D eigenvalue weighted by Gasteiger charge is -2.45. The van der Waals surface area contributed by atoms with Gasteiger partial charge in [0.1, 0.15) is 0 Å². The molecule has 1 atom stereocenters. The standard InChI is InChI=1S/C26H30N2O/c1-6-27-22-12-8-10-18-9-7-11-20(24(18)22)25(29)19-13-14-23-21(15-19)17(2)16-26(3,4)28(23)5/h7-15,17,27H,6,16H2,1-5H3. The Morgan fingerprint density at radius 2 is 1.86 bits per heavy atom. The zero-order valence-corrected chi connectivity index (χ0v) is 18.0. The maximum atomic E-state index is 13.6. The van der Waals surface area contributed by atoms with Crippen LogP contribution in [0.15, 0.2) is 54.6 Å². The van der Waals surface area contributed by atoms with Crippen molar-refractivity contribution in [2.75, 3.05) is 23.8 Å². The first-order chi connectivity index (χ1) is 13.8. The van der Waals surface area contributed by atoms with Crippen LogP contribution in [0.25, 0.3) is 10.8 Å². The Bertz CT molecular complexity index is 1080. The van der Waals surface area contributed by atoms with E-state index in [1.165, 1.54) is 11.3 Å². The summed E-state index contributed by atoms with van der Waals surface area (Å²) < 4.78 is 0. The molecule has 0 aliphatic carbocycles. The van der Waals surface area contributed by atoms with Gasteiger partial charge in [-0.1, -0.05) is 37.3 Å². The molecular weight excluding hydrogens is 356 g/mol. The van der Waals surface area contributed by atoms with Crippen molar-refractivity contribution in [2.45, 2.75) is 45.6 Å². The number of nitrogens with zero attached hydrogens (tertiary/aromatic N) is 1. The minimum absolute atomic E-state index is 0.0865. The fraction of sp³-hybridized carbons (Fsp3) is 0.346. The lowest BCUT2D eigenvalue weighted by molar-refractivity contribution is 0.104. The third-order valence-corrected chi connectivity index (χ3v) is 6.41. The van der Waals surface area contributed by atoms with Crippen LogP contribution in [0.2, 0.25) is 0 Å². The summed E-state index contributed by atoms with van der Waals surface area (Å²) >= 11 is 0. The van der Waals surface area contributed by atoms with Crippen LogP contribution in [0.1, 0.15) is 61.5 Å². The predicted molar refractivity (Wildman–Crippen MR) is 124 cm³/mol. The number of benzene rings is 3. The quantitative estimate of drug-likeness (QED) is 0.540. The summed E-state index contributed by atoms with van der Waals surface area (Å²) in [5, 5.41) is 5.50. The van der Waals surface area contributed by atoms with Crippen LogP contribution in [-0.4, -0.2) is 24.9 Å². The van der Waals surface area contributed by atoms with Crippen molar-refractivity contribution >= 4 is 27.9 Å². The molecule has 0 aromatic heterocycles. The Morgan fingerprint density at radius 1 is 1.14 bits per heavy atom. The molecule has 0 fully saturated rings. The van der Waals surface area contributed by atoms with Crippen LogP contribution >= 0.6 is 0 Å². The summed E-state index contributed by atoms with van der Waals surface area (Å²) in [6, 6.07) is 18.4. The van der Waals surface area contributed by atoms with Crippen LogP contribution in [0.4, 0.5) is 11.4 Å². The first kappa shape index (κ1) is 19.5. The molecule has 0 amide bonds. The maximum absolute atomic E-state index is 13.6. The van der Waals surface area contributed by atoms with E-state index in [-0.39, 0.29) is 11.3 Å². The van der Waals surface area contributed by atoms with E-state index in [1.54, 1.807) is 0 Å². The van der Waals surface area contributed by atoms with E-state index in [0.29, 0.717) is 5.92 Å². The summed E-state index contributed by atoms with van der Waals surface area (Å²) in [4.78, 5) is 15.9. The largest absolute Gasteiger partial charge is 0.385 e.